The van der Waals surface area contributed by atoms with E-state index in [4.69, 9.17) is 9.47 Å². The molecule has 9 heteroatoms. The van der Waals surface area contributed by atoms with Gasteiger partial charge in [-0.2, -0.15) is 0 Å². The zero-order chi connectivity index (χ0) is 26.7. The molecule has 0 radical (unpaired) electrons. The van der Waals surface area contributed by atoms with Gasteiger partial charge in [-0.1, -0.05) is 13.8 Å². The first-order chi connectivity index (χ1) is 15.0. The van der Waals surface area contributed by atoms with Crippen LogP contribution in [0, 0.1) is 0 Å². The second-order valence-electron chi connectivity index (χ2n) is 10.4. The predicted molar refractivity (Wildman–Crippen MR) is 140 cm³/mol. The van der Waals surface area contributed by atoms with Crippen LogP contribution in [0.4, 0.5) is 4.79 Å². The lowest BCUT2D eigenvalue weighted by Gasteiger charge is -2.24. The molecule has 0 aliphatic rings. The molecule has 0 saturated carbocycles. The lowest BCUT2D eigenvalue weighted by molar-refractivity contribution is -0.155. The standard InChI is InChI=1S/C18H36N2O4.C5H10O2.CH5N.CH4/c1-17(2,3)23-15(21)11-9-8-10-12-19-13-14-20(7)16(22)24-18(4,5)6;1-5(2,3)7-4-6;1-2;/h19H,8-14H2,1-7H3;4H,1-3H3;2H2,1H3;1H4. The van der Waals surface area contributed by atoms with Crippen molar-refractivity contribution < 1.29 is 28.6 Å². The first-order valence-electron chi connectivity index (χ1n) is 11.5. The molecule has 0 aliphatic heterocycles. The van der Waals surface area contributed by atoms with Crippen molar-refractivity contribution in [1.82, 2.24) is 10.2 Å². The van der Waals surface area contributed by atoms with Gasteiger partial charge in [-0.05, 0) is 88.7 Å². The SMILES string of the molecule is C.CC(C)(C)OC=O.CN.CN(CCNCCCCCC(=O)OC(C)(C)C)C(=O)OC(C)(C)C. The van der Waals surface area contributed by atoms with Crippen molar-refractivity contribution in [3.05, 3.63) is 0 Å². The third-order valence-electron chi connectivity index (χ3n) is 3.39. The molecule has 0 saturated heterocycles. The molecule has 3 N–H and O–H groups in total. The maximum Gasteiger partial charge on any atom is 0.410 e. The van der Waals surface area contributed by atoms with Gasteiger partial charge in [0.05, 0.1) is 0 Å². The van der Waals surface area contributed by atoms with Gasteiger partial charge in [0.15, 0.2) is 0 Å². The van der Waals surface area contributed by atoms with Gasteiger partial charge in [0.2, 0.25) is 0 Å². The summed E-state index contributed by atoms with van der Waals surface area (Å²) in [4.78, 5) is 34.5. The minimum absolute atomic E-state index is 0. The van der Waals surface area contributed by atoms with E-state index in [-0.39, 0.29) is 25.1 Å². The summed E-state index contributed by atoms with van der Waals surface area (Å²) in [5, 5.41) is 3.29. The van der Waals surface area contributed by atoms with Crippen molar-refractivity contribution >= 4 is 18.5 Å². The molecule has 0 spiro atoms. The number of rotatable bonds is 10. The molecular weight excluding hydrogens is 438 g/mol. The van der Waals surface area contributed by atoms with Crippen LogP contribution < -0.4 is 11.1 Å². The number of likely N-dealkylation sites (N-methyl/N-ethyl adjacent to an activating group) is 1. The molecule has 1 amide bonds. The highest BCUT2D eigenvalue weighted by atomic mass is 16.6. The second kappa shape index (κ2) is 20.5. The number of esters is 1. The quantitative estimate of drug-likeness (QED) is 0.197. The van der Waals surface area contributed by atoms with Crippen LogP contribution in [0.15, 0.2) is 0 Å². The van der Waals surface area contributed by atoms with E-state index in [0.717, 1.165) is 32.4 Å². The summed E-state index contributed by atoms with van der Waals surface area (Å²) in [6.07, 6.45) is 2.99. The van der Waals surface area contributed by atoms with Gasteiger partial charge in [-0.25, -0.2) is 4.79 Å². The molecule has 0 aromatic carbocycles. The van der Waals surface area contributed by atoms with E-state index in [9.17, 15) is 14.4 Å². The number of hydrogen-bond donors (Lipinski definition) is 2. The van der Waals surface area contributed by atoms with E-state index in [1.54, 1.807) is 11.9 Å². The molecule has 34 heavy (non-hydrogen) atoms. The van der Waals surface area contributed by atoms with Gasteiger partial charge in [0.1, 0.15) is 16.8 Å². The third-order valence-corrected chi connectivity index (χ3v) is 3.39. The lowest BCUT2D eigenvalue weighted by Crippen LogP contribution is -2.38. The summed E-state index contributed by atoms with van der Waals surface area (Å²) in [7, 11) is 3.23. The van der Waals surface area contributed by atoms with Crippen molar-refractivity contribution in [2.45, 2.75) is 112 Å². The van der Waals surface area contributed by atoms with Crippen molar-refractivity contribution in [2.75, 3.05) is 33.7 Å². The number of nitrogens with zero attached hydrogens (tertiary/aromatic N) is 1. The Bertz CT molecular complexity index is 520. The van der Waals surface area contributed by atoms with Gasteiger partial charge < -0.3 is 30.2 Å². The van der Waals surface area contributed by atoms with Crippen LogP contribution in [0.1, 0.15) is 95.4 Å². The van der Waals surface area contributed by atoms with E-state index in [1.807, 2.05) is 62.3 Å². The van der Waals surface area contributed by atoms with Crippen molar-refractivity contribution in [1.29, 1.82) is 0 Å². The Balaban J connectivity index is -0.000000383. The van der Waals surface area contributed by atoms with Gasteiger partial charge >= 0.3 is 12.1 Å². The first kappa shape index (κ1) is 39.3. The van der Waals surface area contributed by atoms with Gasteiger partial charge in [0.25, 0.3) is 6.47 Å². The predicted octanol–water partition coefficient (Wildman–Crippen LogP) is 4.51. The summed E-state index contributed by atoms with van der Waals surface area (Å²) >= 11 is 0. The van der Waals surface area contributed by atoms with E-state index >= 15 is 0 Å². The Kier molecular flexibility index (Phi) is 23.7. The fraction of sp³-hybridized carbons (Fsp3) is 0.880. The van der Waals surface area contributed by atoms with E-state index in [0.29, 0.717) is 19.4 Å². The summed E-state index contributed by atoms with van der Waals surface area (Å²) in [6, 6.07) is 0. The average molecular weight is 494 g/mol. The molecule has 0 atom stereocenters. The van der Waals surface area contributed by atoms with Crippen molar-refractivity contribution in [2.24, 2.45) is 5.73 Å². The van der Waals surface area contributed by atoms with Gasteiger partial charge in [0, 0.05) is 26.6 Å². The Morgan fingerprint density at radius 2 is 1.32 bits per heavy atom. The topological polar surface area (TPSA) is 120 Å². The fourth-order valence-electron chi connectivity index (χ4n) is 2.04. The van der Waals surface area contributed by atoms with Crippen LogP contribution in [0.2, 0.25) is 0 Å². The van der Waals surface area contributed by atoms with Gasteiger partial charge in [-0.15, -0.1) is 0 Å². The van der Waals surface area contributed by atoms with Crippen LogP contribution in [-0.2, 0) is 23.8 Å². The molecule has 9 nitrogen and oxygen atoms in total. The third kappa shape index (κ3) is 34.7. The summed E-state index contributed by atoms with van der Waals surface area (Å²) < 4.78 is 15.1. The normalized spacial score (nSPS) is 10.8. The molecular formula is C25H55N3O6. The number of carbonyl (C=O) groups is 3. The van der Waals surface area contributed by atoms with Crippen LogP contribution in [0.25, 0.3) is 0 Å². The van der Waals surface area contributed by atoms with Gasteiger partial charge in [-0.3, -0.25) is 9.59 Å². The first-order valence-corrected chi connectivity index (χ1v) is 11.5. The molecule has 0 aromatic heterocycles. The Morgan fingerprint density at radius 3 is 1.71 bits per heavy atom. The minimum Gasteiger partial charge on any atom is -0.462 e. The molecule has 206 valence electrons. The molecule has 0 heterocycles. The zero-order valence-electron chi connectivity index (χ0n) is 23.0. The Morgan fingerprint density at radius 1 is 0.824 bits per heavy atom. The monoisotopic (exact) mass is 493 g/mol. The highest BCUT2D eigenvalue weighted by molar-refractivity contribution is 5.69. The largest absolute Gasteiger partial charge is 0.462 e. The number of amides is 1. The summed E-state index contributed by atoms with van der Waals surface area (Å²) in [5.41, 5.74) is 3.31. The van der Waals surface area contributed by atoms with Crippen LogP contribution in [-0.4, -0.2) is 74.0 Å². The van der Waals surface area contributed by atoms with Crippen molar-refractivity contribution in [3.8, 4) is 0 Å². The van der Waals surface area contributed by atoms with Crippen LogP contribution in [0.3, 0.4) is 0 Å². The lowest BCUT2D eigenvalue weighted by atomic mass is 10.1. The smallest absolute Gasteiger partial charge is 0.410 e. The van der Waals surface area contributed by atoms with Crippen molar-refractivity contribution in [3.63, 3.8) is 0 Å². The Hall–Kier alpha value is -1.87. The second-order valence-corrected chi connectivity index (χ2v) is 10.4. The average Bonchev–Trinajstić information content (AvgIpc) is 2.62. The summed E-state index contributed by atoms with van der Waals surface area (Å²) in [5.74, 6) is -0.130. The van der Waals surface area contributed by atoms with E-state index in [2.05, 4.69) is 15.8 Å². The summed E-state index contributed by atoms with van der Waals surface area (Å²) in [6.45, 7) is 19.3. The number of hydrogen-bond acceptors (Lipinski definition) is 8. The maximum atomic E-state index is 11.8. The van der Waals surface area contributed by atoms with E-state index in [1.165, 1.54) is 7.05 Å². The number of nitrogens with one attached hydrogen (secondary N) is 1. The molecule has 0 unspecified atom stereocenters. The zero-order valence-corrected chi connectivity index (χ0v) is 23.0. The molecule has 0 aliphatic carbocycles. The maximum absolute atomic E-state index is 11.8. The molecule has 0 rings (SSSR count). The number of unbranched alkanes of at least 4 members (excludes halogenated alkanes) is 2. The van der Waals surface area contributed by atoms with Crippen LogP contribution in [0.5, 0.6) is 0 Å². The number of ether oxygens (including phenoxy) is 3. The van der Waals surface area contributed by atoms with E-state index < -0.39 is 11.2 Å². The highest BCUT2D eigenvalue weighted by Crippen LogP contribution is 2.10. The number of carbonyl (C=O) groups excluding carboxylic acids is 3. The molecule has 0 aromatic rings. The fourth-order valence-corrected chi connectivity index (χ4v) is 2.04. The van der Waals surface area contributed by atoms with Crippen LogP contribution >= 0.6 is 0 Å². The molecule has 0 fully saturated rings. The Labute approximate surface area is 209 Å². The molecule has 0 bridgehead atoms. The number of nitrogens with two attached hydrogens (primary N) is 1. The highest BCUT2D eigenvalue weighted by Gasteiger charge is 2.19. The minimum atomic E-state index is -0.465.